The number of urea groups is 1. The maximum atomic E-state index is 12.1. The molecule has 0 aromatic heterocycles. The van der Waals surface area contributed by atoms with Gasteiger partial charge in [0.05, 0.1) is 16.5 Å². The summed E-state index contributed by atoms with van der Waals surface area (Å²) in [5.41, 5.74) is 10.0. The first-order valence-electron chi connectivity index (χ1n) is 6.98. The Morgan fingerprint density at radius 3 is 2.65 bits per heavy atom. The number of carbonyl (C=O) groups is 3. The zero-order chi connectivity index (χ0) is 17.0. The lowest BCUT2D eigenvalue weighted by atomic mass is 9.98. The minimum absolute atomic E-state index is 0.155. The van der Waals surface area contributed by atoms with E-state index >= 15 is 0 Å². The molecule has 1 fully saturated rings. The Bertz CT molecular complexity index is 638. The second-order valence-corrected chi connectivity index (χ2v) is 6.03. The Morgan fingerprint density at radius 2 is 1.96 bits per heavy atom. The summed E-state index contributed by atoms with van der Waals surface area (Å²) < 4.78 is 0. The van der Waals surface area contributed by atoms with Crippen LogP contribution in [-0.2, 0) is 4.79 Å². The molecule has 1 atom stereocenters. The monoisotopic (exact) mass is 358 g/mol. The zero-order valence-electron chi connectivity index (χ0n) is 12.1. The lowest BCUT2D eigenvalue weighted by molar-refractivity contribution is -0.127. The van der Waals surface area contributed by atoms with Crippen LogP contribution in [0.5, 0.6) is 0 Å². The molecule has 124 valence electrons. The molecular formula is C14H16Cl2N4O3. The molecule has 1 aliphatic rings. The number of carbonyl (C=O) groups excluding carboxylic acids is 3. The quantitative estimate of drug-likeness (QED) is 0.698. The van der Waals surface area contributed by atoms with Gasteiger partial charge in [-0.2, -0.15) is 0 Å². The second kappa shape index (κ2) is 7.52. The fourth-order valence-corrected chi connectivity index (χ4v) is 2.73. The number of hydrogen-bond acceptors (Lipinski definition) is 3. The predicted octanol–water partition coefficient (Wildman–Crippen LogP) is 1.55. The standard InChI is InChI=1S/C14H16Cl2N4O3/c15-9-3-4-11(16)10(6-9)13(22)19-18-12(21)8-2-1-5-20(7-8)14(17)23/h3-4,6,8H,1-2,5,7H2,(H2,17,23)(H,18,21)(H,19,22)/t8-/m0/s1. The molecule has 1 aromatic carbocycles. The van der Waals surface area contributed by atoms with E-state index in [1.54, 1.807) is 6.07 Å². The molecule has 0 bridgehead atoms. The van der Waals surface area contributed by atoms with Gasteiger partial charge in [0, 0.05) is 18.1 Å². The average molecular weight is 359 g/mol. The molecule has 4 N–H and O–H groups in total. The highest BCUT2D eigenvalue weighted by Crippen LogP contribution is 2.20. The van der Waals surface area contributed by atoms with E-state index in [0.29, 0.717) is 24.4 Å². The largest absolute Gasteiger partial charge is 0.351 e. The number of rotatable bonds is 2. The van der Waals surface area contributed by atoms with Crippen molar-refractivity contribution in [2.75, 3.05) is 13.1 Å². The molecule has 1 aliphatic heterocycles. The molecule has 1 heterocycles. The molecule has 7 nitrogen and oxygen atoms in total. The van der Waals surface area contributed by atoms with Crippen molar-refractivity contribution < 1.29 is 14.4 Å². The number of primary amides is 1. The van der Waals surface area contributed by atoms with E-state index < -0.39 is 17.9 Å². The molecule has 9 heteroatoms. The number of benzene rings is 1. The number of hydrazine groups is 1. The normalized spacial score (nSPS) is 17.5. The Hall–Kier alpha value is -1.99. The third-order valence-electron chi connectivity index (χ3n) is 3.58. The first-order valence-corrected chi connectivity index (χ1v) is 7.73. The number of halogens is 2. The fraction of sp³-hybridized carbons (Fsp3) is 0.357. The van der Waals surface area contributed by atoms with Gasteiger partial charge < -0.3 is 10.6 Å². The number of nitrogens with two attached hydrogens (primary N) is 1. The molecule has 4 amide bonds. The van der Waals surface area contributed by atoms with Crippen LogP contribution >= 0.6 is 23.2 Å². The van der Waals surface area contributed by atoms with Crippen LogP contribution in [0.1, 0.15) is 23.2 Å². The van der Waals surface area contributed by atoms with Gasteiger partial charge in [-0.3, -0.25) is 20.4 Å². The second-order valence-electron chi connectivity index (χ2n) is 5.19. The summed E-state index contributed by atoms with van der Waals surface area (Å²) in [5.74, 6) is -1.39. The molecule has 2 rings (SSSR count). The summed E-state index contributed by atoms with van der Waals surface area (Å²) in [6.07, 6.45) is 1.29. The van der Waals surface area contributed by atoms with E-state index in [-0.39, 0.29) is 23.0 Å². The highest BCUT2D eigenvalue weighted by Gasteiger charge is 2.27. The summed E-state index contributed by atoms with van der Waals surface area (Å²) in [4.78, 5) is 36.7. The van der Waals surface area contributed by atoms with Crippen LogP contribution in [0.2, 0.25) is 10.0 Å². The van der Waals surface area contributed by atoms with Gasteiger partial charge in [-0.25, -0.2) is 4.79 Å². The Morgan fingerprint density at radius 1 is 1.22 bits per heavy atom. The Labute approximate surface area is 143 Å². The molecule has 1 saturated heterocycles. The minimum Gasteiger partial charge on any atom is -0.351 e. The Balaban J connectivity index is 1.92. The van der Waals surface area contributed by atoms with Gasteiger partial charge in [-0.15, -0.1) is 0 Å². The number of nitrogens with one attached hydrogen (secondary N) is 2. The van der Waals surface area contributed by atoms with E-state index in [2.05, 4.69) is 10.9 Å². The van der Waals surface area contributed by atoms with Crippen molar-refractivity contribution in [2.45, 2.75) is 12.8 Å². The number of hydrogen-bond donors (Lipinski definition) is 3. The van der Waals surface area contributed by atoms with Crippen LogP contribution in [0.3, 0.4) is 0 Å². The van der Waals surface area contributed by atoms with Gasteiger partial charge in [0.25, 0.3) is 5.91 Å². The summed E-state index contributed by atoms with van der Waals surface area (Å²) in [6, 6.07) is 3.89. The molecule has 0 spiro atoms. The van der Waals surface area contributed by atoms with Crippen molar-refractivity contribution in [1.29, 1.82) is 0 Å². The fourth-order valence-electron chi connectivity index (χ4n) is 2.35. The van der Waals surface area contributed by atoms with E-state index in [1.807, 2.05) is 0 Å². The van der Waals surface area contributed by atoms with Gasteiger partial charge >= 0.3 is 6.03 Å². The third kappa shape index (κ3) is 4.49. The van der Waals surface area contributed by atoms with Crippen molar-refractivity contribution in [3.63, 3.8) is 0 Å². The summed E-state index contributed by atoms with van der Waals surface area (Å²) in [7, 11) is 0. The topological polar surface area (TPSA) is 105 Å². The minimum atomic E-state index is -0.576. The maximum Gasteiger partial charge on any atom is 0.314 e. The highest BCUT2D eigenvalue weighted by atomic mass is 35.5. The van der Waals surface area contributed by atoms with Crippen LogP contribution in [-0.4, -0.2) is 35.8 Å². The number of piperidine rings is 1. The molecule has 0 unspecified atom stereocenters. The molecular weight excluding hydrogens is 343 g/mol. The number of likely N-dealkylation sites (tertiary alicyclic amines) is 1. The number of amides is 4. The third-order valence-corrected chi connectivity index (χ3v) is 4.14. The molecule has 1 aromatic rings. The van der Waals surface area contributed by atoms with Crippen LogP contribution in [0.4, 0.5) is 4.79 Å². The number of nitrogens with zero attached hydrogens (tertiary/aromatic N) is 1. The molecule has 0 saturated carbocycles. The first kappa shape index (κ1) is 17.4. The van der Waals surface area contributed by atoms with Crippen LogP contribution in [0.15, 0.2) is 18.2 Å². The van der Waals surface area contributed by atoms with Crippen LogP contribution in [0, 0.1) is 5.92 Å². The van der Waals surface area contributed by atoms with Crippen LogP contribution < -0.4 is 16.6 Å². The highest BCUT2D eigenvalue weighted by molar-refractivity contribution is 6.35. The summed E-state index contributed by atoms with van der Waals surface area (Å²) in [5, 5.41) is 0.578. The SMILES string of the molecule is NC(=O)N1CCC[C@H](C(=O)NNC(=O)c2cc(Cl)ccc2Cl)C1. The van der Waals surface area contributed by atoms with Crippen molar-refractivity contribution in [2.24, 2.45) is 11.7 Å². The van der Waals surface area contributed by atoms with Gasteiger partial charge in [0.2, 0.25) is 5.91 Å². The first-order chi connectivity index (χ1) is 10.9. The van der Waals surface area contributed by atoms with E-state index in [9.17, 15) is 14.4 Å². The predicted molar refractivity (Wildman–Crippen MR) is 86.0 cm³/mol. The van der Waals surface area contributed by atoms with E-state index in [1.165, 1.54) is 17.0 Å². The summed E-state index contributed by atoms with van der Waals surface area (Å²) in [6.45, 7) is 0.762. The smallest absolute Gasteiger partial charge is 0.314 e. The van der Waals surface area contributed by atoms with Crippen molar-refractivity contribution in [3.8, 4) is 0 Å². The van der Waals surface area contributed by atoms with Crippen molar-refractivity contribution in [1.82, 2.24) is 15.8 Å². The van der Waals surface area contributed by atoms with Gasteiger partial charge in [0.1, 0.15) is 0 Å². The molecule has 23 heavy (non-hydrogen) atoms. The summed E-state index contributed by atoms with van der Waals surface area (Å²) >= 11 is 11.7. The maximum absolute atomic E-state index is 12.1. The lowest BCUT2D eigenvalue weighted by Gasteiger charge is -2.30. The van der Waals surface area contributed by atoms with E-state index in [4.69, 9.17) is 28.9 Å². The van der Waals surface area contributed by atoms with Crippen LogP contribution in [0.25, 0.3) is 0 Å². The van der Waals surface area contributed by atoms with Crippen molar-refractivity contribution in [3.05, 3.63) is 33.8 Å². The van der Waals surface area contributed by atoms with Gasteiger partial charge in [0.15, 0.2) is 0 Å². The van der Waals surface area contributed by atoms with Gasteiger partial charge in [-0.05, 0) is 31.0 Å². The zero-order valence-corrected chi connectivity index (χ0v) is 13.7. The lowest BCUT2D eigenvalue weighted by Crippen LogP contribution is -2.51. The molecule has 0 aliphatic carbocycles. The van der Waals surface area contributed by atoms with Gasteiger partial charge in [-0.1, -0.05) is 23.2 Å². The average Bonchev–Trinajstić information content (AvgIpc) is 2.54. The van der Waals surface area contributed by atoms with E-state index in [0.717, 1.165) is 0 Å². The Kier molecular flexibility index (Phi) is 5.68. The molecule has 0 radical (unpaired) electrons. The van der Waals surface area contributed by atoms with Crippen molar-refractivity contribution >= 4 is 41.0 Å².